The standard InChI is InChI=1S/C12H11NO.CH3N.CH2O/c14-13-12-8-4-7-11(9-12)10-5-2-1-3-6-10;2*1-2/h1-9,13-14H;2H,1H2;1H2. The molecule has 0 heterocycles. The first-order valence-electron chi connectivity index (χ1n) is 5.10. The van der Waals surface area contributed by atoms with Crippen LogP contribution < -0.4 is 5.48 Å². The summed E-state index contributed by atoms with van der Waals surface area (Å²) in [4.78, 5) is 8.00. The summed E-state index contributed by atoms with van der Waals surface area (Å²) in [7, 11) is 0. The summed E-state index contributed by atoms with van der Waals surface area (Å²) in [5.41, 5.74) is 5.07. The van der Waals surface area contributed by atoms with Crippen LogP contribution in [0.2, 0.25) is 0 Å². The maximum atomic E-state index is 8.76. The van der Waals surface area contributed by atoms with Crippen LogP contribution in [0, 0.1) is 5.41 Å². The minimum atomic E-state index is 0.700. The van der Waals surface area contributed by atoms with E-state index < -0.39 is 0 Å². The quantitative estimate of drug-likeness (QED) is 0.561. The van der Waals surface area contributed by atoms with Crippen LogP contribution in [0.1, 0.15) is 0 Å². The van der Waals surface area contributed by atoms with E-state index in [0.717, 1.165) is 11.1 Å². The molecule has 0 aliphatic heterocycles. The number of nitrogens with one attached hydrogen (secondary N) is 2. The van der Waals surface area contributed by atoms with Gasteiger partial charge in [-0.1, -0.05) is 42.5 Å². The molecule has 0 spiro atoms. The molecule has 2 rings (SSSR count). The minimum Gasteiger partial charge on any atom is -0.317 e. The molecule has 94 valence electrons. The molecule has 0 atom stereocenters. The molecule has 2 aromatic carbocycles. The van der Waals surface area contributed by atoms with Crippen molar-refractivity contribution in [3.8, 4) is 11.1 Å². The molecule has 0 aromatic heterocycles. The van der Waals surface area contributed by atoms with Crippen LogP contribution in [0.3, 0.4) is 0 Å². The Morgan fingerprint density at radius 2 is 1.44 bits per heavy atom. The van der Waals surface area contributed by atoms with Crippen LogP contribution in [0.25, 0.3) is 11.1 Å². The molecular weight excluding hydrogens is 228 g/mol. The van der Waals surface area contributed by atoms with Gasteiger partial charge in [0, 0.05) is 0 Å². The van der Waals surface area contributed by atoms with Crippen molar-refractivity contribution < 1.29 is 10.0 Å². The summed E-state index contributed by atoms with van der Waals surface area (Å²) in [6, 6.07) is 17.7. The number of carbonyl (C=O) groups excluding carboxylic acids is 1. The highest BCUT2D eigenvalue weighted by Gasteiger charge is 1.96. The molecule has 18 heavy (non-hydrogen) atoms. The van der Waals surface area contributed by atoms with Crippen molar-refractivity contribution in [1.29, 1.82) is 5.41 Å². The Morgan fingerprint density at radius 1 is 0.889 bits per heavy atom. The van der Waals surface area contributed by atoms with Gasteiger partial charge in [0.15, 0.2) is 0 Å². The van der Waals surface area contributed by atoms with Gasteiger partial charge in [0.05, 0.1) is 5.69 Å². The highest BCUT2D eigenvalue weighted by Crippen LogP contribution is 2.21. The van der Waals surface area contributed by atoms with Gasteiger partial charge >= 0.3 is 0 Å². The smallest absolute Gasteiger partial charge is 0.106 e. The minimum absolute atomic E-state index is 0.700. The van der Waals surface area contributed by atoms with Crippen molar-refractivity contribution in [2.24, 2.45) is 0 Å². The van der Waals surface area contributed by atoms with E-state index >= 15 is 0 Å². The van der Waals surface area contributed by atoms with Gasteiger partial charge in [-0.15, -0.1) is 0 Å². The molecule has 0 unspecified atom stereocenters. The fraction of sp³-hybridized carbons (Fsp3) is 0. The Labute approximate surface area is 106 Å². The van der Waals surface area contributed by atoms with Gasteiger partial charge in [-0.2, -0.15) is 0 Å². The lowest BCUT2D eigenvalue weighted by Gasteiger charge is -2.03. The molecule has 0 fully saturated rings. The maximum Gasteiger partial charge on any atom is 0.106 e. The van der Waals surface area contributed by atoms with Gasteiger partial charge in [0.25, 0.3) is 0 Å². The first-order chi connectivity index (χ1) is 8.90. The Morgan fingerprint density at radius 3 is 2.00 bits per heavy atom. The Kier molecular flexibility index (Phi) is 8.41. The van der Waals surface area contributed by atoms with E-state index in [2.05, 4.69) is 12.2 Å². The maximum absolute atomic E-state index is 8.76. The van der Waals surface area contributed by atoms with Crippen LogP contribution in [0.15, 0.2) is 54.6 Å². The molecule has 0 aliphatic rings. The van der Waals surface area contributed by atoms with E-state index in [0.29, 0.717) is 5.69 Å². The summed E-state index contributed by atoms with van der Waals surface area (Å²) in [6.07, 6.45) is 0. The summed E-state index contributed by atoms with van der Waals surface area (Å²) in [6.45, 7) is 4.50. The van der Waals surface area contributed by atoms with E-state index in [1.165, 1.54) is 0 Å². The Hall–Kier alpha value is -2.46. The molecule has 0 aliphatic carbocycles. The predicted octanol–water partition coefficient (Wildman–Crippen LogP) is 3.24. The molecule has 0 amide bonds. The number of hydrogen-bond acceptors (Lipinski definition) is 4. The van der Waals surface area contributed by atoms with E-state index in [1.807, 2.05) is 61.4 Å². The van der Waals surface area contributed by atoms with Crippen LogP contribution in [0.5, 0.6) is 0 Å². The SMILES string of the molecule is C=N.C=O.ONc1cccc(-c2ccccc2)c1. The fourth-order valence-electron chi connectivity index (χ4n) is 1.40. The monoisotopic (exact) mass is 244 g/mol. The third-order valence-corrected chi connectivity index (χ3v) is 2.10. The molecular formula is C14H16N2O2. The zero-order valence-electron chi connectivity index (χ0n) is 9.97. The zero-order valence-corrected chi connectivity index (χ0v) is 9.97. The van der Waals surface area contributed by atoms with Crippen molar-refractivity contribution in [1.82, 2.24) is 0 Å². The van der Waals surface area contributed by atoms with Gasteiger partial charge in [-0.3, -0.25) is 10.7 Å². The van der Waals surface area contributed by atoms with Crippen molar-refractivity contribution in [3.05, 3.63) is 54.6 Å². The van der Waals surface area contributed by atoms with Crippen LogP contribution in [0.4, 0.5) is 5.69 Å². The summed E-state index contributed by atoms with van der Waals surface area (Å²) in [5.74, 6) is 0. The van der Waals surface area contributed by atoms with E-state index in [-0.39, 0.29) is 0 Å². The lowest BCUT2D eigenvalue weighted by atomic mass is 10.1. The van der Waals surface area contributed by atoms with Gasteiger partial charge in [0.1, 0.15) is 6.79 Å². The lowest BCUT2D eigenvalue weighted by molar-refractivity contribution is -0.0979. The number of carbonyl (C=O) groups is 1. The van der Waals surface area contributed by atoms with E-state index in [4.69, 9.17) is 15.4 Å². The van der Waals surface area contributed by atoms with Gasteiger partial charge in [-0.05, 0) is 30.0 Å². The molecule has 3 N–H and O–H groups in total. The zero-order chi connectivity index (χ0) is 13.8. The topological polar surface area (TPSA) is 73.2 Å². The molecule has 0 saturated carbocycles. The van der Waals surface area contributed by atoms with E-state index in [1.54, 1.807) is 0 Å². The second-order valence-electron chi connectivity index (χ2n) is 3.06. The highest BCUT2D eigenvalue weighted by atomic mass is 16.5. The number of benzene rings is 2. The number of hydrogen-bond donors (Lipinski definition) is 3. The molecule has 4 nitrogen and oxygen atoms in total. The third kappa shape index (κ3) is 4.59. The van der Waals surface area contributed by atoms with Crippen molar-refractivity contribution in [3.63, 3.8) is 0 Å². The number of anilines is 1. The van der Waals surface area contributed by atoms with Crippen molar-refractivity contribution in [2.75, 3.05) is 5.48 Å². The van der Waals surface area contributed by atoms with Gasteiger partial charge < -0.3 is 10.2 Å². The second-order valence-corrected chi connectivity index (χ2v) is 3.06. The van der Waals surface area contributed by atoms with Crippen LogP contribution in [-0.2, 0) is 4.79 Å². The predicted molar refractivity (Wildman–Crippen MR) is 74.2 cm³/mol. The molecule has 4 heteroatoms. The normalized spacial score (nSPS) is 8.06. The first-order valence-corrected chi connectivity index (χ1v) is 5.10. The average Bonchev–Trinajstić information content (AvgIpc) is 2.52. The molecule has 0 bridgehead atoms. The molecule has 0 radical (unpaired) electrons. The fourth-order valence-corrected chi connectivity index (χ4v) is 1.40. The van der Waals surface area contributed by atoms with Crippen molar-refractivity contribution in [2.45, 2.75) is 0 Å². The summed E-state index contributed by atoms with van der Waals surface area (Å²) in [5, 5.41) is 14.3. The molecule has 2 aromatic rings. The number of rotatable bonds is 2. The van der Waals surface area contributed by atoms with Crippen molar-refractivity contribution >= 4 is 19.2 Å². The lowest BCUT2D eigenvalue weighted by Crippen LogP contribution is -1.88. The Balaban J connectivity index is 0.000000659. The van der Waals surface area contributed by atoms with E-state index in [9.17, 15) is 0 Å². The van der Waals surface area contributed by atoms with Crippen LogP contribution >= 0.6 is 0 Å². The second kappa shape index (κ2) is 9.74. The van der Waals surface area contributed by atoms with Gasteiger partial charge in [-0.25, -0.2) is 0 Å². The summed E-state index contributed by atoms with van der Waals surface area (Å²) < 4.78 is 0. The molecule has 0 saturated heterocycles. The Bertz CT molecular complexity index is 445. The third-order valence-electron chi connectivity index (χ3n) is 2.10. The van der Waals surface area contributed by atoms with Gasteiger partial charge in [0.2, 0.25) is 0 Å². The average molecular weight is 244 g/mol. The highest BCUT2D eigenvalue weighted by molar-refractivity contribution is 5.67. The summed E-state index contributed by atoms with van der Waals surface area (Å²) >= 11 is 0. The largest absolute Gasteiger partial charge is 0.317 e. The first kappa shape index (κ1) is 15.5. The van der Waals surface area contributed by atoms with Crippen LogP contribution in [-0.4, -0.2) is 18.7 Å².